The van der Waals surface area contributed by atoms with Gasteiger partial charge in [-0.2, -0.15) is 0 Å². The normalized spacial score (nSPS) is 22.9. The molecule has 2 amide bonds. The van der Waals surface area contributed by atoms with Crippen molar-refractivity contribution < 1.29 is 61.9 Å². The molecule has 1 aliphatic rings. The van der Waals surface area contributed by atoms with Crippen LogP contribution in [0.1, 0.15) is 40.2 Å². The summed E-state index contributed by atoms with van der Waals surface area (Å²) in [5.41, 5.74) is 0.706. The van der Waals surface area contributed by atoms with E-state index in [-0.39, 0.29) is 6.61 Å². The van der Waals surface area contributed by atoms with Gasteiger partial charge in [0.15, 0.2) is 24.5 Å². The number of amides is 2. The van der Waals surface area contributed by atoms with Crippen molar-refractivity contribution in [1.82, 2.24) is 10.6 Å². The average molecular weight is 597 g/mol. The Kier molecular flexibility index (Phi) is 13.2. The fraction of sp³-hybridized carbons (Fsp3) is 0.556. The third-order valence-electron chi connectivity index (χ3n) is 5.83. The number of esters is 4. The summed E-state index contributed by atoms with van der Waals surface area (Å²) in [6.07, 6.45) is -7.56. The number of benzene rings is 1. The smallest absolute Gasteiger partial charge is 0.408 e. The van der Waals surface area contributed by atoms with Crippen LogP contribution in [0, 0.1) is 0 Å². The Morgan fingerprint density at radius 1 is 0.881 bits per heavy atom. The lowest BCUT2D eigenvalue weighted by molar-refractivity contribution is -0.287. The van der Waals surface area contributed by atoms with Gasteiger partial charge in [0, 0.05) is 27.7 Å². The fourth-order valence-electron chi connectivity index (χ4n) is 4.08. The molecule has 0 aromatic heterocycles. The largest absolute Gasteiger partial charge is 0.467 e. The van der Waals surface area contributed by atoms with Gasteiger partial charge in [-0.05, 0) is 12.5 Å². The second-order valence-electron chi connectivity index (χ2n) is 9.27. The van der Waals surface area contributed by atoms with Crippen LogP contribution in [0.3, 0.4) is 0 Å². The summed E-state index contributed by atoms with van der Waals surface area (Å²) in [4.78, 5) is 72.8. The fourth-order valence-corrected chi connectivity index (χ4v) is 4.08. The maximum absolute atomic E-state index is 12.6. The van der Waals surface area contributed by atoms with Crippen molar-refractivity contribution in [2.24, 2.45) is 0 Å². The van der Waals surface area contributed by atoms with Crippen molar-refractivity contribution in [3.8, 4) is 0 Å². The molecule has 2 rings (SSSR count). The second-order valence-corrected chi connectivity index (χ2v) is 9.27. The molecule has 2 N–H and O–H groups in total. The van der Waals surface area contributed by atoms with E-state index in [1.807, 2.05) is 0 Å². The van der Waals surface area contributed by atoms with Crippen LogP contribution in [0.5, 0.6) is 0 Å². The molecule has 1 heterocycles. The maximum Gasteiger partial charge on any atom is 0.408 e. The summed E-state index contributed by atoms with van der Waals surface area (Å²) in [5, 5.41) is 4.93. The first-order valence-corrected chi connectivity index (χ1v) is 12.9. The standard InChI is InChI=1S/C27H36N2O13/c1-14(21(25(34)36-6)29-27(35)38-12-19-10-8-7-9-11-19)39-26-22(28-15(2)30)24(41-18(5)33)23(40-17(4)32)20(42-26)13-37-16(3)31/h7-11,14,20-24,26H,12-13H2,1-6H3,(H,28,30)(H,29,35). The molecule has 15 nitrogen and oxygen atoms in total. The van der Waals surface area contributed by atoms with Crippen LogP contribution < -0.4 is 10.6 Å². The molecule has 1 aromatic carbocycles. The van der Waals surface area contributed by atoms with Gasteiger partial charge < -0.3 is 43.8 Å². The van der Waals surface area contributed by atoms with Gasteiger partial charge in [0.05, 0.1) is 13.2 Å². The van der Waals surface area contributed by atoms with E-state index in [0.717, 1.165) is 27.9 Å². The average Bonchev–Trinajstić information content (AvgIpc) is 2.92. The molecule has 7 atom stereocenters. The van der Waals surface area contributed by atoms with E-state index in [9.17, 15) is 28.8 Å². The first-order valence-electron chi connectivity index (χ1n) is 12.9. The summed E-state index contributed by atoms with van der Waals surface area (Å²) in [6.45, 7) is 5.42. The Morgan fingerprint density at radius 3 is 2.05 bits per heavy atom. The number of ether oxygens (including phenoxy) is 7. The molecule has 1 fully saturated rings. The number of carbonyl (C=O) groups excluding carboxylic acids is 6. The van der Waals surface area contributed by atoms with Crippen LogP contribution in [0.15, 0.2) is 30.3 Å². The van der Waals surface area contributed by atoms with E-state index >= 15 is 0 Å². The van der Waals surface area contributed by atoms with E-state index in [1.165, 1.54) is 13.8 Å². The molecule has 42 heavy (non-hydrogen) atoms. The van der Waals surface area contributed by atoms with Gasteiger partial charge in [0.25, 0.3) is 0 Å². The molecule has 1 aromatic rings. The third kappa shape index (κ3) is 10.6. The van der Waals surface area contributed by atoms with Crippen LogP contribution in [0.25, 0.3) is 0 Å². The summed E-state index contributed by atoms with van der Waals surface area (Å²) in [7, 11) is 1.10. The van der Waals surface area contributed by atoms with E-state index in [2.05, 4.69) is 10.6 Å². The zero-order valence-electron chi connectivity index (χ0n) is 24.1. The molecule has 232 valence electrons. The van der Waals surface area contributed by atoms with Crippen molar-refractivity contribution in [3.63, 3.8) is 0 Å². The highest BCUT2D eigenvalue weighted by atomic mass is 16.7. The molecule has 1 aliphatic heterocycles. The Bertz CT molecular complexity index is 1110. The molecule has 15 heteroatoms. The van der Waals surface area contributed by atoms with E-state index < -0.39 is 85.3 Å². The molecule has 0 aliphatic carbocycles. The van der Waals surface area contributed by atoms with Gasteiger partial charge in [0.1, 0.15) is 25.4 Å². The molecule has 0 spiro atoms. The number of alkyl carbamates (subject to hydrolysis) is 1. The quantitative estimate of drug-likeness (QED) is 0.251. The lowest BCUT2D eigenvalue weighted by atomic mass is 9.95. The Morgan fingerprint density at radius 2 is 1.50 bits per heavy atom. The Labute approximate surface area is 242 Å². The van der Waals surface area contributed by atoms with Gasteiger partial charge in [-0.1, -0.05) is 30.3 Å². The number of nitrogens with one attached hydrogen (secondary N) is 2. The Hall–Kier alpha value is -4.24. The van der Waals surface area contributed by atoms with Crippen LogP contribution >= 0.6 is 0 Å². The van der Waals surface area contributed by atoms with E-state index in [4.69, 9.17) is 33.2 Å². The first-order chi connectivity index (χ1) is 19.8. The minimum Gasteiger partial charge on any atom is -0.467 e. The SMILES string of the molecule is COC(=O)C(NC(=O)OCc1ccccc1)C(C)OC1OC(COC(C)=O)C(OC(C)=O)C(OC(C)=O)C1NC(C)=O. The summed E-state index contributed by atoms with van der Waals surface area (Å²) < 4.78 is 37.7. The predicted molar refractivity (Wildman–Crippen MR) is 140 cm³/mol. The summed E-state index contributed by atoms with van der Waals surface area (Å²) in [6, 6.07) is 6.11. The maximum atomic E-state index is 12.6. The predicted octanol–water partition coefficient (Wildman–Crippen LogP) is 0.516. The van der Waals surface area contributed by atoms with E-state index in [1.54, 1.807) is 30.3 Å². The number of hydrogen-bond donors (Lipinski definition) is 2. The molecule has 0 saturated carbocycles. The van der Waals surface area contributed by atoms with Crippen LogP contribution in [-0.4, -0.2) is 92.4 Å². The lowest BCUT2D eigenvalue weighted by Gasteiger charge is -2.45. The van der Waals surface area contributed by atoms with Crippen molar-refractivity contribution in [3.05, 3.63) is 35.9 Å². The van der Waals surface area contributed by atoms with Gasteiger partial charge in [-0.25, -0.2) is 9.59 Å². The highest BCUT2D eigenvalue weighted by molar-refractivity contribution is 5.82. The third-order valence-corrected chi connectivity index (χ3v) is 5.83. The number of methoxy groups -OCH3 is 1. The number of hydrogen-bond acceptors (Lipinski definition) is 13. The molecule has 1 saturated heterocycles. The van der Waals surface area contributed by atoms with Crippen LogP contribution in [0.4, 0.5) is 4.79 Å². The van der Waals surface area contributed by atoms with Crippen molar-refractivity contribution >= 4 is 35.9 Å². The van der Waals surface area contributed by atoms with Gasteiger partial charge in [-0.3, -0.25) is 19.2 Å². The lowest BCUT2D eigenvalue weighted by Crippen LogP contribution is -2.67. The van der Waals surface area contributed by atoms with Crippen LogP contribution in [0.2, 0.25) is 0 Å². The summed E-state index contributed by atoms with van der Waals surface area (Å²) in [5.74, 6) is -3.72. The zero-order chi connectivity index (χ0) is 31.4. The van der Waals surface area contributed by atoms with Crippen LogP contribution in [-0.2, 0) is 63.7 Å². The molecule has 0 radical (unpaired) electrons. The van der Waals surface area contributed by atoms with Crippen molar-refractivity contribution in [1.29, 1.82) is 0 Å². The summed E-state index contributed by atoms with van der Waals surface area (Å²) >= 11 is 0. The first kappa shape index (κ1) is 34.0. The highest BCUT2D eigenvalue weighted by Gasteiger charge is 2.52. The molecular weight excluding hydrogens is 560 g/mol. The molecule has 7 unspecified atom stereocenters. The molecule has 0 bridgehead atoms. The topological polar surface area (TPSA) is 191 Å². The Balaban J connectivity index is 2.34. The van der Waals surface area contributed by atoms with Gasteiger partial charge >= 0.3 is 30.0 Å². The minimum atomic E-state index is -1.48. The van der Waals surface area contributed by atoms with Crippen molar-refractivity contribution in [2.75, 3.05) is 13.7 Å². The second kappa shape index (κ2) is 16.3. The number of rotatable bonds is 12. The number of carbonyl (C=O) groups is 6. The van der Waals surface area contributed by atoms with Gasteiger partial charge in [0.2, 0.25) is 5.91 Å². The zero-order valence-corrected chi connectivity index (χ0v) is 24.1. The van der Waals surface area contributed by atoms with Crippen molar-refractivity contribution in [2.45, 2.75) is 84.0 Å². The highest BCUT2D eigenvalue weighted by Crippen LogP contribution is 2.29. The van der Waals surface area contributed by atoms with Gasteiger partial charge in [-0.15, -0.1) is 0 Å². The molecular formula is C27H36N2O13. The minimum absolute atomic E-state index is 0.0778. The monoisotopic (exact) mass is 596 g/mol. The van der Waals surface area contributed by atoms with E-state index in [0.29, 0.717) is 5.56 Å².